The third-order valence-corrected chi connectivity index (χ3v) is 5.27. The highest BCUT2D eigenvalue weighted by Crippen LogP contribution is 2.31. The molecular weight excluding hydrogens is 438 g/mol. The van der Waals surface area contributed by atoms with Crippen LogP contribution in [0.4, 0.5) is 5.13 Å². The van der Waals surface area contributed by atoms with Gasteiger partial charge in [-0.3, -0.25) is 20.1 Å². The number of rotatable bonds is 7. The van der Waals surface area contributed by atoms with E-state index in [1.165, 1.54) is 0 Å². The minimum atomic E-state index is -0.350. The van der Waals surface area contributed by atoms with Gasteiger partial charge in [-0.1, -0.05) is 28.8 Å². The fraction of sp³-hybridized carbons (Fsp3) is 0.0952. The van der Waals surface area contributed by atoms with Crippen LogP contribution < -0.4 is 14.8 Å². The summed E-state index contributed by atoms with van der Waals surface area (Å²) in [5.41, 5.74) is 2.68. The lowest BCUT2D eigenvalue weighted by Gasteiger charge is -2.11. The molecule has 31 heavy (non-hydrogen) atoms. The van der Waals surface area contributed by atoms with Gasteiger partial charge in [0.25, 0.3) is 11.1 Å². The van der Waals surface area contributed by atoms with Crippen LogP contribution in [0.1, 0.15) is 15.9 Å². The smallest absolute Gasteiger partial charge is 0.296 e. The predicted octanol–water partition coefficient (Wildman–Crippen LogP) is 4.49. The minimum absolute atomic E-state index is 0.316. The Kier molecular flexibility index (Phi) is 6.34. The summed E-state index contributed by atoms with van der Waals surface area (Å²) in [6.45, 7) is 0.316. The monoisotopic (exact) mass is 453 g/mol. The molecule has 0 saturated carbocycles. The van der Waals surface area contributed by atoms with Crippen molar-refractivity contribution < 1.29 is 14.3 Å². The maximum Gasteiger partial charge on any atom is 0.296 e. The minimum Gasteiger partial charge on any atom is -0.494 e. The van der Waals surface area contributed by atoms with E-state index in [1.54, 1.807) is 56.2 Å². The van der Waals surface area contributed by atoms with Crippen LogP contribution >= 0.6 is 22.9 Å². The number of benzene rings is 1. The van der Waals surface area contributed by atoms with Crippen LogP contribution in [0.5, 0.6) is 10.9 Å². The van der Waals surface area contributed by atoms with Crippen LogP contribution in [0.3, 0.4) is 0 Å². The molecule has 10 heteroatoms. The summed E-state index contributed by atoms with van der Waals surface area (Å²) < 4.78 is 11.0. The molecule has 1 aromatic carbocycles. The second-order valence-electron chi connectivity index (χ2n) is 6.24. The first-order valence-corrected chi connectivity index (χ1v) is 10.3. The van der Waals surface area contributed by atoms with E-state index < -0.39 is 0 Å². The summed E-state index contributed by atoms with van der Waals surface area (Å²) in [6, 6.07) is 10.7. The number of pyridine rings is 2. The molecule has 4 rings (SSSR count). The lowest BCUT2D eigenvalue weighted by Crippen LogP contribution is -2.13. The number of carbonyl (C=O) groups is 1. The number of hydrogen-bond acceptors (Lipinski definition) is 8. The first-order valence-electron chi connectivity index (χ1n) is 9.08. The molecule has 3 heterocycles. The number of hydrogen-bond donors (Lipinski definition) is 1. The Morgan fingerprint density at radius 1 is 1.03 bits per heavy atom. The molecule has 8 nitrogen and oxygen atoms in total. The van der Waals surface area contributed by atoms with Crippen molar-refractivity contribution in [1.29, 1.82) is 0 Å². The molecule has 0 fully saturated rings. The largest absolute Gasteiger partial charge is 0.494 e. The van der Waals surface area contributed by atoms with Crippen LogP contribution in [-0.4, -0.2) is 33.2 Å². The van der Waals surface area contributed by atoms with Crippen molar-refractivity contribution in [2.75, 3.05) is 12.4 Å². The Balaban J connectivity index is 1.48. The van der Waals surface area contributed by atoms with Crippen molar-refractivity contribution in [2.45, 2.75) is 6.61 Å². The number of carbonyl (C=O) groups excluding carboxylic acids is 1. The standard InChI is InChI=1S/C21H16ClN5O3S/c1-29-18-11-24-8-6-15(18)17-10-23-9-7-16(17)19(28)25-20-26-27-21(31-20)30-12-13-2-4-14(22)5-3-13/h2-11H,12H2,1H3,(H,25,26,28). The summed E-state index contributed by atoms with van der Waals surface area (Å²) in [4.78, 5) is 21.1. The topological polar surface area (TPSA) is 99.1 Å². The zero-order valence-corrected chi connectivity index (χ0v) is 17.9. The van der Waals surface area contributed by atoms with E-state index in [-0.39, 0.29) is 5.91 Å². The van der Waals surface area contributed by atoms with Crippen LogP contribution in [0, 0.1) is 0 Å². The quantitative estimate of drug-likeness (QED) is 0.440. The summed E-state index contributed by atoms with van der Waals surface area (Å²) >= 11 is 7.02. The molecule has 4 aromatic rings. The third kappa shape index (κ3) is 4.96. The molecule has 0 aliphatic rings. The number of halogens is 1. The first kappa shape index (κ1) is 20.7. The van der Waals surface area contributed by atoms with Crippen molar-refractivity contribution >= 4 is 34.0 Å². The second kappa shape index (κ2) is 9.50. The number of anilines is 1. The summed E-state index contributed by atoms with van der Waals surface area (Å²) in [7, 11) is 1.55. The SMILES string of the molecule is COc1cnccc1-c1cnccc1C(=O)Nc1nnc(OCc2ccc(Cl)cc2)s1. The van der Waals surface area contributed by atoms with Gasteiger partial charge < -0.3 is 9.47 Å². The number of amides is 1. The maximum atomic E-state index is 12.9. The Labute approximate surface area is 186 Å². The number of nitrogens with one attached hydrogen (secondary N) is 1. The Hall–Kier alpha value is -3.56. The summed E-state index contributed by atoms with van der Waals surface area (Å²) in [5, 5.41) is 12.0. The Morgan fingerprint density at radius 2 is 1.81 bits per heavy atom. The molecule has 0 saturated heterocycles. The molecule has 0 aliphatic carbocycles. The van der Waals surface area contributed by atoms with Crippen LogP contribution in [0.2, 0.25) is 5.02 Å². The van der Waals surface area contributed by atoms with Gasteiger partial charge in [0.2, 0.25) is 5.13 Å². The van der Waals surface area contributed by atoms with Gasteiger partial charge in [-0.05, 0) is 41.2 Å². The number of nitrogens with zero attached hydrogens (tertiary/aromatic N) is 4. The van der Waals surface area contributed by atoms with Crippen molar-refractivity contribution in [1.82, 2.24) is 20.2 Å². The lowest BCUT2D eigenvalue weighted by atomic mass is 10.0. The van der Waals surface area contributed by atoms with Gasteiger partial charge in [-0.25, -0.2) is 0 Å². The molecule has 3 aromatic heterocycles. The molecule has 0 aliphatic heterocycles. The number of methoxy groups -OCH3 is 1. The van der Waals surface area contributed by atoms with E-state index >= 15 is 0 Å². The van der Waals surface area contributed by atoms with E-state index in [0.717, 1.165) is 16.9 Å². The van der Waals surface area contributed by atoms with Crippen LogP contribution in [0.15, 0.2) is 61.2 Å². The molecule has 1 N–H and O–H groups in total. The molecule has 0 unspecified atom stereocenters. The van der Waals surface area contributed by atoms with Crippen molar-refractivity contribution in [2.24, 2.45) is 0 Å². The van der Waals surface area contributed by atoms with Crippen LogP contribution in [-0.2, 0) is 6.61 Å². The highest BCUT2D eigenvalue weighted by Gasteiger charge is 2.18. The fourth-order valence-electron chi connectivity index (χ4n) is 2.78. The van der Waals surface area contributed by atoms with E-state index in [0.29, 0.717) is 44.4 Å². The molecule has 0 bridgehead atoms. The van der Waals surface area contributed by atoms with E-state index in [2.05, 4.69) is 25.5 Å². The molecule has 1 amide bonds. The van der Waals surface area contributed by atoms with Crippen molar-refractivity contribution in [3.05, 3.63) is 77.3 Å². The molecule has 0 radical (unpaired) electrons. The second-order valence-corrected chi connectivity index (χ2v) is 7.62. The molecular formula is C21H16ClN5O3S. The summed E-state index contributed by atoms with van der Waals surface area (Å²) in [5.74, 6) is 0.190. The van der Waals surface area contributed by atoms with E-state index in [4.69, 9.17) is 21.1 Å². The van der Waals surface area contributed by atoms with Crippen molar-refractivity contribution in [3.8, 4) is 22.1 Å². The van der Waals surface area contributed by atoms with Gasteiger partial charge in [0.15, 0.2) is 0 Å². The van der Waals surface area contributed by atoms with E-state index in [1.807, 2.05) is 12.1 Å². The number of aromatic nitrogens is 4. The van der Waals surface area contributed by atoms with Gasteiger partial charge in [0.05, 0.1) is 18.9 Å². The van der Waals surface area contributed by atoms with Gasteiger partial charge in [-0.15, -0.1) is 5.10 Å². The summed E-state index contributed by atoms with van der Waals surface area (Å²) in [6.07, 6.45) is 6.36. The van der Waals surface area contributed by atoms with Gasteiger partial charge in [0, 0.05) is 34.7 Å². The average Bonchev–Trinajstić information content (AvgIpc) is 3.26. The number of ether oxygens (including phenoxy) is 2. The third-order valence-electron chi connectivity index (χ3n) is 4.26. The zero-order chi connectivity index (χ0) is 21.6. The average molecular weight is 454 g/mol. The van der Waals surface area contributed by atoms with Crippen LogP contribution in [0.25, 0.3) is 11.1 Å². The zero-order valence-electron chi connectivity index (χ0n) is 16.3. The lowest BCUT2D eigenvalue weighted by molar-refractivity contribution is 0.102. The highest BCUT2D eigenvalue weighted by molar-refractivity contribution is 7.17. The first-order chi connectivity index (χ1) is 15.1. The van der Waals surface area contributed by atoms with Gasteiger partial charge in [0.1, 0.15) is 12.4 Å². The fourth-order valence-corrected chi connectivity index (χ4v) is 3.50. The van der Waals surface area contributed by atoms with Gasteiger partial charge in [-0.2, -0.15) is 0 Å². The Bertz CT molecular complexity index is 1200. The maximum absolute atomic E-state index is 12.9. The molecule has 156 valence electrons. The highest BCUT2D eigenvalue weighted by atomic mass is 35.5. The Morgan fingerprint density at radius 3 is 2.61 bits per heavy atom. The van der Waals surface area contributed by atoms with Gasteiger partial charge >= 0.3 is 0 Å². The molecule has 0 spiro atoms. The van der Waals surface area contributed by atoms with E-state index in [9.17, 15) is 4.79 Å². The predicted molar refractivity (Wildman–Crippen MR) is 118 cm³/mol. The normalized spacial score (nSPS) is 10.5. The van der Waals surface area contributed by atoms with Crippen molar-refractivity contribution in [3.63, 3.8) is 0 Å². The molecule has 0 atom stereocenters.